The number of nitrogens with zero attached hydrogens (tertiary/aromatic N) is 2. The average molecular weight is 499 g/mol. The Kier molecular flexibility index (Phi) is 22.7. The van der Waals surface area contributed by atoms with Gasteiger partial charge in [0, 0.05) is 0 Å². The number of carbonyl (C=O) groups excluding carboxylic acids is 2. The number of likely N-dealkylation sites (N-methyl/N-ethyl adjacent to an activating group) is 2. The van der Waals surface area contributed by atoms with Crippen molar-refractivity contribution in [2.75, 3.05) is 76.1 Å². The van der Waals surface area contributed by atoms with Gasteiger partial charge in [-0.2, -0.15) is 0 Å². The van der Waals surface area contributed by atoms with Crippen LogP contribution < -0.4 is 11.1 Å². The number of hydrogen-bond donors (Lipinski definition) is 2. The molecule has 0 bridgehead atoms. The zero-order chi connectivity index (χ0) is 25.2. The first kappa shape index (κ1) is 36.6. The normalized spacial score (nSPS) is 13.2. The van der Waals surface area contributed by atoms with Crippen molar-refractivity contribution < 1.29 is 28.0 Å². The molecule has 0 aromatic carbocycles. The molecule has 0 aliphatic rings. The second-order valence-electron chi connectivity index (χ2n) is 10.7. The van der Waals surface area contributed by atoms with Crippen LogP contribution in [0.4, 0.5) is 0 Å². The average Bonchev–Trinajstić information content (AvgIpc) is 2.64. The van der Waals surface area contributed by atoms with Gasteiger partial charge in [-0.3, -0.25) is 9.59 Å². The fraction of sp³-hybridized carbons (Fsp3) is 0.917. The van der Waals surface area contributed by atoms with Crippen molar-refractivity contribution >= 4 is 24.3 Å². The van der Waals surface area contributed by atoms with Crippen LogP contribution in [0.1, 0.15) is 58.3 Å². The molecule has 0 spiro atoms. The van der Waals surface area contributed by atoms with Gasteiger partial charge in [-0.15, -0.1) is 12.4 Å². The maximum Gasteiger partial charge on any atom is 0.307 e. The van der Waals surface area contributed by atoms with Gasteiger partial charge in [0.25, 0.3) is 0 Å². The summed E-state index contributed by atoms with van der Waals surface area (Å²) in [5.74, 6) is -0.366. The summed E-state index contributed by atoms with van der Waals surface area (Å²) in [7, 11) is 15.4. The van der Waals surface area contributed by atoms with Crippen LogP contribution in [0.3, 0.4) is 0 Å². The van der Waals surface area contributed by atoms with E-state index in [1.807, 2.05) is 21.1 Å². The Labute approximate surface area is 210 Å². The molecule has 200 valence electrons. The van der Waals surface area contributed by atoms with Crippen LogP contribution in [0.15, 0.2) is 0 Å². The fourth-order valence-corrected chi connectivity index (χ4v) is 3.42. The summed E-state index contributed by atoms with van der Waals surface area (Å²) in [6, 6.07) is 0.0931. The van der Waals surface area contributed by atoms with Gasteiger partial charge in [0.1, 0.15) is 0 Å². The van der Waals surface area contributed by atoms with Gasteiger partial charge in [0.15, 0.2) is 0 Å². The SMILES string of the molecule is CCCCCCCCN[C@H](CC(=O)OC)C[N+](C)(C)C.COC(=O)C[C@@H](N)C[N+](C)(C)C.Cl. The Morgan fingerprint density at radius 2 is 1.24 bits per heavy atom. The zero-order valence-corrected chi connectivity index (χ0v) is 23.8. The summed E-state index contributed by atoms with van der Waals surface area (Å²) in [6.45, 7) is 4.94. The van der Waals surface area contributed by atoms with Gasteiger partial charge in [-0.05, 0) is 13.0 Å². The minimum atomic E-state index is -0.240. The largest absolute Gasteiger partial charge is 0.469 e. The molecule has 0 unspecified atom stereocenters. The minimum Gasteiger partial charge on any atom is -0.469 e. The maximum absolute atomic E-state index is 11.4. The predicted octanol–water partition coefficient (Wildman–Crippen LogP) is 2.58. The number of ether oxygens (including phenoxy) is 2. The maximum atomic E-state index is 11.4. The van der Waals surface area contributed by atoms with E-state index in [4.69, 9.17) is 10.5 Å². The molecule has 0 aliphatic heterocycles. The second kappa shape index (κ2) is 20.4. The van der Waals surface area contributed by atoms with Crippen molar-refractivity contribution in [1.29, 1.82) is 0 Å². The van der Waals surface area contributed by atoms with Gasteiger partial charge in [0.2, 0.25) is 0 Å². The fourth-order valence-electron chi connectivity index (χ4n) is 3.42. The van der Waals surface area contributed by atoms with Crippen molar-refractivity contribution in [3.05, 3.63) is 0 Å². The van der Waals surface area contributed by atoms with Gasteiger partial charge in [-0.25, -0.2) is 0 Å². The Hall–Kier alpha value is -0.930. The third-order valence-electron chi connectivity index (χ3n) is 4.81. The lowest BCUT2D eigenvalue weighted by atomic mass is 10.1. The molecule has 0 rings (SSSR count). The molecule has 0 aromatic rings. The molecule has 8 nitrogen and oxygen atoms in total. The van der Waals surface area contributed by atoms with E-state index in [-0.39, 0.29) is 36.4 Å². The van der Waals surface area contributed by atoms with E-state index in [1.54, 1.807) is 0 Å². The van der Waals surface area contributed by atoms with E-state index < -0.39 is 0 Å². The van der Waals surface area contributed by atoms with E-state index in [2.05, 4.69) is 38.1 Å². The first-order valence-electron chi connectivity index (χ1n) is 12.0. The monoisotopic (exact) mass is 498 g/mol. The van der Waals surface area contributed by atoms with Crippen molar-refractivity contribution in [1.82, 2.24) is 5.32 Å². The molecule has 2 atom stereocenters. The summed E-state index contributed by atoms with van der Waals surface area (Å²) in [4.78, 5) is 22.2. The van der Waals surface area contributed by atoms with E-state index in [0.717, 1.165) is 28.6 Å². The molecular weight excluding hydrogens is 444 g/mol. The molecule has 9 heteroatoms. The number of quaternary nitrogens is 2. The molecule has 33 heavy (non-hydrogen) atoms. The lowest BCUT2D eigenvalue weighted by molar-refractivity contribution is -0.871. The van der Waals surface area contributed by atoms with Gasteiger partial charge >= 0.3 is 11.9 Å². The first-order valence-corrected chi connectivity index (χ1v) is 12.0. The highest BCUT2D eigenvalue weighted by Gasteiger charge is 2.21. The van der Waals surface area contributed by atoms with E-state index in [0.29, 0.717) is 12.8 Å². The summed E-state index contributed by atoms with van der Waals surface area (Å²) < 4.78 is 10.9. The summed E-state index contributed by atoms with van der Waals surface area (Å²) in [5, 5.41) is 3.52. The molecule has 0 saturated carbocycles. The van der Waals surface area contributed by atoms with Crippen LogP contribution in [0, 0.1) is 0 Å². The molecule has 0 fully saturated rings. The number of nitrogens with one attached hydrogen (secondary N) is 1. The Morgan fingerprint density at radius 3 is 1.70 bits per heavy atom. The van der Waals surface area contributed by atoms with Gasteiger partial charge in [0.05, 0.1) is 94.5 Å². The molecule has 0 saturated heterocycles. The minimum absolute atomic E-state index is 0. The number of nitrogens with two attached hydrogens (primary N) is 1. The zero-order valence-electron chi connectivity index (χ0n) is 22.9. The number of hydrogen-bond acceptors (Lipinski definition) is 6. The first-order chi connectivity index (χ1) is 14.7. The Bertz CT molecular complexity index is 494. The van der Waals surface area contributed by atoms with Crippen LogP contribution in [0.5, 0.6) is 0 Å². The number of carbonyl (C=O) groups is 2. The molecule has 3 N–H and O–H groups in total. The summed E-state index contributed by atoms with van der Waals surface area (Å²) >= 11 is 0. The molecule has 0 amide bonds. The number of halogens is 1. The van der Waals surface area contributed by atoms with Crippen molar-refractivity contribution in [3.8, 4) is 0 Å². The predicted molar refractivity (Wildman–Crippen MR) is 139 cm³/mol. The van der Waals surface area contributed by atoms with Crippen LogP contribution in [-0.4, -0.2) is 109 Å². The number of methoxy groups -OCH3 is 2. The Balaban J connectivity index is -0.000000596. The van der Waals surface area contributed by atoms with E-state index in [1.165, 1.54) is 52.7 Å². The van der Waals surface area contributed by atoms with Crippen molar-refractivity contribution in [2.45, 2.75) is 70.4 Å². The smallest absolute Gasteiger partial charge is 0.307 e. The van der Waals surface area contributed by atoms with Crippen LogP contribution in [-0.2, 0) is 19.1 Å². The van der Waals surface area contributed by atoms with E-state index >= 15 is 0 Å². The molecule has 0 radical (unpaired) electrons. The highest BCUT2D eigenvalue weighted by atomic mass is 35.5. The van der Waals surface area contributed by atoms with Crippen LogP contribution in [0.2, 0.25) is 0 Å². The van der Waals surface area contributed by atoms with E-state index in [9.17, 15) is 9.59 Å². The molecule has 0 heterocycles. The standard InChI is InChI=1S/C16H35N2O2.C8H19N2O2.ClH/c1-6-7-8-9-10-11-12-17-15(13-16(19)20-5)14-18(2,3)4;1-10(2,3)6-7(9)5-8(11)12-4;/h15,17H,6-14H2,1-5H3;7H,5-6,9H2,1-4H3;1H/q2*+1;/t15-;7-;/m11./s1. The summed E-state index contributed by atoms with van der Waals surface area (Å²) in [6.07, 6.45) is 8.55. The quantitative estimate of drug-likeness (QED) is 0.193. The highest BCUT2D eigenvalue weighted by molar-refractivity contribution is 5.85. The molecular formula is C24H55ClN4O4+2. The Morgan fingerprint density at radius 1 is 0.788 bits per heavy atom. The second-order valence-corrected chi connectivity index (χ2v) is 10.7. The van der Waals surface area contributed by atoms with Gasteiger partial charge in [-0.1, -0.05) is 39.0 Å². The highest BCUT2D eigenvalue weighted by Crippen LogP contribution is 2.06. The van der Waals surface area contributed by atoms with Crippen molar-refractivity contribution in [2.24, 2.45) is 5.73 Å². The third kappa shape index (κ3) is 29.0. The summed E-state index contributed by atoms with van der Waals surface area (Å²) in [5.41, 5.74) is 5.72. The van der Waals surface area contributed by atoms with Crippen molar-refractivity contribution in [3.63, 3.8) is 0 Å². The van der Waals surface area contributed by atoms with Gasteiger partial charge < -0.3 is 29.5 Å². The number of unbranched alkanes of at least 4 members (excludes halogenated alkanes) is 5. The lowest BCUT2D eigenvalue weighted by Crippen LogP contribution is -2.48. The molecule has 0 aliphatic carbocycles. The molecule has 0 aromatic heterocycles. The van der Waals surface area contributed by atoms with Crippen LogP contribution >= 0.6 is 12.4 Å². The number of rotatable bonds is 16. The number of esters is 2. The third-order valence-corrected chi connectivity index (χ3v) is 4.81. The lowest BCUT2D eigenvalue weighted by Gasteiger charge is -2.29. The van der Waals surface area contributed by atoms with Crippen LogP contribution in [0.25, 0.3) is 0 Å². The topological polar surface area (TPSA) is 90.6 Å².